The summed E-state index contributed by atoms with van der Waals surface area (Å²) >= 11 is 0. The highest BCUT2D eigenvalue weighted by atomic mass is 16.6. The topological polar surface area (TPSA) is 94.6 Å². The van der Waals surface area contributed by atoms with E-state index >= 15 is 0 Å². The van der Waals surface area contributed by atoms with Crippen LogP contribution in [0.4, 0.5) is 4.79 Å². The van der Waals surface area contributed by atoms with Crippen LogP contribution in [-0.4, -0.2) is 48.5 Å². The second kappa shape index (κ2) is 8.52. The van der Waals surface area contributed by atoms with Gasteiger partial charge in [-0.25, -0.2) is 14.8 Å². The van der Waals surface area contributed by atoms with Crippen molar-refractivity contribution in [3.63, 3.8) is 0 Å². The minimum atomic E-state index is -0.511. The molecule has 130 valence electrons. The lowest BCUT2D eigenvalue weighted by Crippen LogP contribution is -2.41. The SMILES string of the molecule is COc1ncnc(OC)c1CNC(C)CNC(=O)OC(C)(C)C. The average Bonchev–Trinajstić information content (AvgIpc) is 2.48. The summed E-state index contributed by atoms with van der Waals surface area (Å²) in [7, 11) is 3.08. The number of methoxy groups -OCH3 is 2. The number of nitrogens with one attached hydrogen (secondary N) is 2. The number of amides is 1. The molecule has 8 nitrogen and oxygen atoms in total. The molecule has 0 fully saturated rings. The van der Waals surface area contributed by atoms with Crippen LogP contribution in [0.3, 0.4) is 0 Å². The van der Waals surface area contributed by atoms with E-state index in [4.69, 9.17) is 14.2 Å². The fraction of sp³-hybridized carbons (Fsp3) is 0.667. The number of ether oxygens (including phenoxy) is 3. The van der Waals surface area contributed by atoms with Gasteiger partial charge in [-0.2, -0.15) is 0 Å². The molecule has 1 heterocycles. The number of rotatable bonds is 7. The minimum Gasteiger partial charge on any atom is -0.481 e. The molecule has 1 amide bonds. The van der Waals surface area contributed by atoms with Gasteiger partial charge in [0.25, 0.3) is 0 Å². The number of hydrogen-bond donors (Lipinski definition) is 2. The van der Waals surface area contributed by atoms with E-state index in [1.807, 2.05) is 27.7 Å². The molecule has 0 aromatic carbocycles. The predicted octanol–water partition coefficient (Wildman–Crippen LogP) is 1.50. The summed E-state index contributed by atoms with van der Waals surface area (Å²) in [5.74, 6) is 0.910. The Morgan fingerprint density at radius 2 is 1.78 bits per heavy atom. The van der Waals surface area contributed by atoms with Crippen LogP contribution in [0, 0.1) is 0 Å². The average molecular weight is 326 g/mol. The molecule has 1 rings (SSSR count). The van der Waals surface area contributed by atoms with E-state index in [-0.39, 0.29) is 6.04 Å². The number of nitrogens with zero attached hydrogens (tertiary/aromatic N) is 2. The van der Waals surface area contributed by atoms with Gasteiger partial charge in [-0.1, -0.05) is 0 Å². The smallest absolute Gasteiger partial charge is 0.407 e. The number of hydrogen-bond acceptors (Lipinski definition) is 7. The van der Waals surface area contributed by atoms with Crippen molar-refractivity contribution in [3.05, 3.63) is 11.9 Å². The maximum atomic E-state index is 11.6. The monoisotopic (exact) mass is 326 g/mol. The first kappa shape index (κ1) is 19.0. The second-order valence-electron chi connectivity index (χ2n) is 6.04. The van der Waals surface area contributed by atoms with E-state index in [2.05, 4.69) is 20.6 Å². The molecule has 0 aliphatic carbocycles. The second-order valence-corrected chi connectivity index (χ2v) is 6.04. The maximum absolute atomic E-state index is 11.6. The van der Waals surface area contributed by atoms with Gasteiger partial charge in [-0.05, 0) is 27.7 Å². The summed E-state index contributed by atoms with van der Waals surface area (Å²) in [6, 6.07) is 0.0112. The predicted molar refractivity (Wildman–Crippen MR) is 85.7 cm³/mol. The Labute approximate surface area is 136 Å². The summed E-state index contributed by atoms with van der Waals surface area (Å²) in [4.78, 5) is 19.7. The van der Waals surface area contributed by atoms with Crippen molar-refractivity contribution in [2.24, 2.45) is 0 Å². The highest BCUT2D eigenvalue weighted by Gasteiger charge is 2.17. The minimum absolute atomic E-state index is 0.0112. The summed E-state index contributed by atoms with van der Waals surface area (Å²) in [6.07, 6.45) is 0.943. The zero-order valence-electron chi connectivity index (χ0n) is 14.6. The van der Waals surface area contributed by atoms with Gasteiger partial charge < -0.3 is 24.8 Å². The first-order valence-corrected chi connectivity index (χ1v) is 7.39. The molecule has 8 heteroatoms. The molecule has 1 unspecified atom stereocenters. The number of carbonyl (C=O) groups is 1. The summed E-state index contributed by atoms with van der Waals surface area (Å²) in [5, 5.41) is 5.97. The molecule has 0 radical (unpaired) electrons. The third-order valence-corrected chi connectivity index (χ3v) is 2.83. The van der Waals surface area contributed by atoms with Crippen LogP contribution in [-0.2, 0) is 11.3 Å². The molecular formula is C15H26N4O4. The number of alkyl carbamates (subject to hydrolysis) is 1. The Balaban J connectivity index is 2.51. The van der Waals surface area contributed by atoms with Gasteiger partial charge in [-0.15, -0.1) is 0 Å². The van der Waals surface area contributed by atoms with E-state index in [0.717, 1.165) is 5.56 Å². The van der Waals surface area contributed by atoms with Gasteiger partial charge in [0.2, 0.25) is 11.8 Å². The van der Waals surface area contributed by atoms with Crippen LogP contribution >= 0.6 is 0 Å². The summed E-state index contributed by atoms with van der Waals surface area (Å²) in [5.41, 5.74) is 0.213. The summed E-state index contributed by atoms with van der Waals surface area (Å²) in [6.45, 7) is 8.28. The maximum Gasteiger partial charge on any atom is 0.407 e. The molecule has 0 saturated heterocycles. The third-order valence-electron chi connectivity index (χ3n) is 2.83. The fourth-order valence-electron chi connectivity index (χ4n) is 1.78. The Kier molecular flexibility index (Phi) is 7.02. The van der Waals surface area contributed by atoms with Gasteiger partial charge in [0.1, 0.15) is 11.9 Å². The molecule has 0 aliphatic rings. The van der Waals surface area contributed by atoms with Crippen LogP contribution in [0.2, 0.25) is 0 Å². The van der Waals surface area contributed by atoms with Gasteiger partial charge >= 0.3 is 6.09 Å². The van der Waals surface area contributed by atoms with Crippen LogP contribution in [0.15, 0.2) is 6.33 Å². The summed E-state index contributed by atoms with van der Waals surface area (Å²) < 4.78 is 15.6. The lowest BCUT2D eigenvalue weighted by molar-refractivity contribution is 0.0523. The van der Waals surface area contributed by atoms with Crippen molar-refractivity contribution in [1.82, 2.24) is 20.6 Å². The molecule has 1 aromatic rings. The number of carbonyl (C=O) groups excluding carboxylic acids is 1. The van der Waals surface area contributed by atoms with Crippen molar-refractivity contribution in [1.29, 1.82) is 0 Å². The molecule has 0 saturated carbocycles. The van der Waals surface area contributed by atoms with Gasteiger partial charge in [0.15, 0.2) is 0 Å². The molecular weight excluding hydrogens is 300 g/mol. The lowest BCUT2D eigenvalue weighted by Gasteiger charge is -2.21. The Hall–Kier alpha value is -2.09. The van der Waals surface area contributed by atoms with Gasteiger partial charge in [-0.3, -0.25) is 0 Å². The zero-order valence-corrected chi connectivity index (χ0v) is 14.6. The van der Waals surface area contributed by atoms with E-state index in [0.29, 0.717) is 24.8 Å². The van der Waals surface area contributed by atoms with Crippen molar-refractivity contribution in [2.75, 3.05) is 20.8 Å². The Bertz CT molecular complexity index is 494. The van der Waals surface area contributed by atoms with Crippen molar-refractivity contribution in [2.45, 2.75) is 45.9 Å². The standard InChI is InChI=1S/C15H26N4O4/c1-10(7-17-14(20)23-15(2,3)4)16-8-11-12(21-5)18-9-19-13(11)22-6/h9-10,16H,7-8H2,1-6H3,(H,17,20). The van der Waals surface area contributed by atoms with Crippen LogP contribution in [0.25, 0.3) is 0 Å². The van der Waals surface area contributed by atoms with Crippen molar-refractivity contribution < 1.29 is 19.0 Å². The lowest BCUT2D eigenvalue weighted by atomic mass is 10.2. The Morgan fingerprint density at radius 1 is 1.22 bits per heavy atom. The van der Waals surface area contributed by atoms with Gasteiger partial charge in [0.05, 0.1) is 19.8 Å². The van der Waals surface area contributed by atoms with E-state index in [1.165, 1.54) is 6.33 Å². The third kappa shape index (κ3) is 6.68. The molecule has 1 aromatic heterocycles. The normalized spacial score (nSPS) is 12.4. The fourth-order valence-corrected chi connectivity index (χ4v) is 1.78. The van der Waals surface area contributed by atoms with Crippen molar-refractivity contribution in [3.8, 4) is 11.8 Å². The molecule has 2 N–H and O–H groups in total. The first-order chi connectivity index (χ1) is 10.8. The largest absolute Gasteiger partial charge is 0.481 e. The highest BCUT2D eigenvalue weighted by molar-refractivity contribution is 5.67. The first-order valence-electron chi connectivity index (χ1n) is 7.39. The molecule has 0 aliphatic heterocycles. The molecule has 0 bridgehead atoms. The van der Waals surface area contributed by atoms with E-state index in [9.17, 15) is 4.79 Å². The molecule has 23 heavy (non-hydrogen) atoms. The van der Waals surface area contributed by atoms with E-state index < -0.39 is 11.7 Å². The highest BCUT2D eigenvalue weighted by Crippen LogP contribution is 2.22. The molecule has 1 atom stereocenters. The van der Waals surface area contributed by atoms with Crippen LogP contribution in [0.1, 0.15) is 33.3 Å². The number of aromatic nitrogens is 2. The molecule has 0 spiro atoms. The van der Waals surface area contributed by atoms with Crippen LogP contribution < -0.4 is 20.1 Å². The van der Waals surface area contributed by atoms with E-state index in [1.54, 1.807) is 14.2 Å². The Morgan fingerprint density at radius 3 is 2.26 bits per heavy atom. The zero-order chi connectivity index (χ0) is 17.5. The quantitative estimate of drug-likeness (QED) is 0.784. The van der Waals surface area contributed by atoms with Crippen molar-refractivity contribution >= 4 is 6.09 Å². The van der Waals surface area contributed by atoms with Crippen LogP contribution in [0.5, 0.6) is 11.8 Å². The van der Waals surface area contributed by atoms with Gasteiger partial charge in [0, 0.05) is 19.1 Å².